The van der Waals surface area contributed by atoms with Crippen LogP contribution in [0.3, 0.4) is 0 Å². The van der Waals surface area contributed by atoms with E-state index in [9.17, 15) is 9.59 Å². The molecule has 0 radical (unpaired) electrons. The van der Waals surface area contributed by atoms with Crippen molar-refractivity contribution >= 4 is 11.8 Å². The molecular weight excluding hydrogens is 316 g/mol. The molecule has 2 saturated heterocycles. The van der Waals surface area contributed by atoms with Crippen LogP contribution in [0.1, 0.15) is 41.6 Å². The predicted molar refractivity (Wildman–Crippen MR) is 96.4 cm³/mol. The van der Waals surface area contributed by atoms with E-state index in [0.29, 0.717) is 19.7 Å². The molecule has 0 N–H and O–H groups in total. The van der Waals surface area contributed by atoms with E-state index in [1.165, 1.54) is 0 Å². The number of aryl methyl sites for hydroxylation is 1. The number of carbonyl (C=O) groups is 2. The Hall–Kier alpha value is -1.88. The Bertz CT molecular complexity index is 646. The lowest BCUT2D eigenvalue weighted by molar-refractivity contribution is -0.137. The normalized spacial score (nSPS) is 24.0. The Kier molecular flexibility index (Phi) is 5.42. The Labute approximate surface area is 149 Å². The summed E-state index contributed by atoms with van der Waals surface area (Å²) in [5.74, 6) is 0.353. The summed E-state index contributed by atoms with van der Waals surface area (Å²) in [5, 5.41) is 0. The van der Waals surface area contributed by atoms with Crippen molar-refractivity contribution < 1.29 is 14.3 Å². The molecular formula is C20H28N2O3. The quantitative estimate of drug-likeness (QED) is 0.843. The van der Waals surface area contributed by atoms with Gasteiger partial charge in [0.2, 0.25) is 5.91 Å². The van der Waals surface area contributed by atoms with Crippen LogP contribution in [-0.4, -0.2) is 61.5 Å². The van der Waals surface area contributed by atoms with Crippen molar-refractivity contribution in [3.8, 4) is 0 Å². The Morgan fingerprint density at radius 3 is 2.68 bits per heavy atom. The number of methoxy groups -OCH3 is 1. The number of amides is 2. The van der Waals surface area contributed by atoms with Crippen LogP contribution >= 0.6 is 0 Å². The third kappa shape index (κ3) is 3.56. The van der Waals surface area contributed by atoms with Crippen LogP contribution in [0.2, 0.25) is 0 Å². The van der Waals surface area contributed by atoms with Crippen LogP contribution in [-0.2, 0) is 9.53 Å². The lowest BCUT2D eigenvalue weighted by Crippen LogP contribution is -2.37. The number of benzene rings is 1. The van der Waals surface area contributed by atoms with Gasteiger partial charge in [-0.25, -0.2) is 0 Å². The van der Waals surface area contributed by atoms with Gasteiger partial charge in [-0.05, 0) is 44.2 Å². The molecule has 0 unspecified atom stereocenters. The first-order valence-corrected chi connectivity index (χ1v) is 9.21. The van der Waals surface area contributed by atoms with Crippen LogP contribution < -0.4 is 0 Å². The monoisotopic (exact) mass is 344 g/mol. The molecule has 2 fully saturated rings. The van der Waals surface area contributed by atoms with E-state index in [4.69, 9.17) is 4.74 Å². The second-order valence-corrected chi connectivity index (χ2v) is 7.28. The van der Waals surface area contributed by atoms with E-state index in [1.54, 1.807) is 7.11 Å². The average Bonchev–Trinajstić information content (AvgIpc) is 2.79. The first-order chi connectivity index (χ1) is 12.1. The Balaban J connectivity index is 1.68. The van der Waals surface area contributed by atoms with E-state index in [2.05, 4.69) is 0 Å². The van der Waals surface area contributed by atoms with E-state index >= 15 is 0 Å². The largest absolute Gasteiger partial charge is 0.383 e. The molecule has 3 rings (SSSR count). The number of hydrogen-bond donors (Lipinski definition) is 0. The van der Waals surface area contributed by atoms with Crippen molar-refractivity contribution in [1.29, 1.82) is 0 Å². The Morgan fingerprint density at radius 2 is 1.92 bits per heavy atom. The van der Waals surface area contributed by atoms with Gasteiger partial charge >= 0.3 is 0 Å². The zero-order valence-corrected chi connectivity index (χ0v) is 15.3. The third-order valence-electron chi connectivity index (χ3n) is 5.77. The molecule has 2 aliphatic heterocycles. The highest BCUT2D eigenvalue weighted by molar-refractivity contribution is 5.95. The van der Waals surface area contributed by atoms with Crippen molar-refractivity contribution in [3.05, 3.63) is 35.4 Å². The molecule has 25 heavy (non-hydrogen) atoms. The minimum absolute atomic E-state index is 0.0943. The smallest absolute Gasteiger partial charge is 0.254 e. The molecule has 2 heterocycles. The van der Waals surface area contributed by atoms with Crippen LogP contribution in [0.25, 0.3) is 0 Å². The molecule has 2 amide bonds. The minimum atomic E-state index is -0.269. The SMILES string of the molecule is COCCN1CC[C@@]2(CCCN(C(=O)c3ccccc3C)CC2)C1=O. The summed E-state index contributed by atoms with van der Waals surface area (Å²) in [6.45, 7) is 5.44. The molecule has 0 aromatic heterocycles. The highest BCUT2D eigenvalue weighted by atomic mass is 16.5. The molecule has 5 nitrogen and oxygen atoms in total. The molecule has 1 spiro atoms. The Morgan fingerprint density at radius 1 is 1.16 bits per heavy atom. The molecule has 0 bridgehead atoms. The number of likely N-dealkylation sites (tertiary alicyclic amines) is 2. The van der Waals surface area contributed by atoms with Crippen LogP contribution in [0, 0.1) is 12.3 Å². The van der Waals surface area contributed by atoms with E-state index < -0.39 is 0 Å². The molecule has 1 aromatic carbocycles. The van der Waals surface area contributed by atoms with Crippen molar-refractivity contribution in [3.63, 3.8) is 0 Å². The van der Waals surface area contributed by atoms with E-state index in [1.807, 2.05) is 41.0 Å². The molecule has 5 heteroatoms. The van der Waals surface area contributed by atoms with Crippen molar-refractivity contribution in [2.24, 2.45) is 5.41 Å². The highest BCUT2D eigenvalue weighted by Gasteiger charge is 2.47. The maximum absolute atomic E-state index is 12.9. The lowest BCUT2D eigenvalue weighted by atomic mass is 9.79. The lowest BCUT2D eigenvalue weighted by Gasteiger charge is -2.27. The molecule has 1 atom stereocenters. The maximum atomic E-state index is 12.9. The molecule has 0 saturated carbocycles. The third-order valence-corrected chi connectivity index (χ3v) is 5.77. The van der Waals surface area contributed by atoms with Gasteiger partial charge in [-0.15, -0.1) is 0 Å². The van der Waals surface area contributed by atoms with Crippen LogP contribution in [0.4, 0.5) is 0 Å². The fourth-order valence-electron chi connectivity index (χ4n) is 4.15. The summed E-state index contributed by atoms with van der Waals surface area (Å²) >= 11 is 0. The predicted octanol–water partition coefficient (Wildman–Crippen LogP) is 2.49. The van der Waals surface area contributed by atoms with Crippen molar-refractivity contribution in [1.82, 2.24) is 9.80 Å². The first kappa shape index (κ1) is 17.9. The number of hydrogen-bond acceptors (Lipinski definition) is 3. The molecule has 0 aliphatic carbocycles. The summed E-state index contributed by atoms with van der Waals surface area (Å²) in [4.78, 5) is 29.7. The molecule has 136 valence electrons. The minimum Gasteiger partial charge on any atom is -0.383 e. The summed E-state index contributed by atoms with van der Waals surface area (Å²) in [5.41, 5.74) is 1.51. The van der Waals surface area contributed by atoms with Crippen molar-refractivity contribution in [2.45, 2.75) is 32.6 Å². The summed E-state index contributed by atoms with van der Waals surface area (Å²) in [6, 6.07) is 7.73. The fourth-order valence-corrected chi connectivity index (χ4v) is 4.15. The summed E-state index contributed by atoms with van der Waals surface area (Å²) < 4.78 is 5.11. The molecule has 2 aliphatic rings. The number of ether oxygens (including phenoxy) is 1. The van der Waals surface area contributed by atoms with Crippen LogP contribution in [0.5, 0.6) is 0 Å². The average molecular weight is 344 g/mol. The highest BCUT2D eigenvalue weighted by Crippen LogP contribution is 2.41. The number of rotatable bonds is 4. The van der Waals surface area contributed by atoms with E-state index in [0.717, 1.165) is 49.9 Å². The second kappa shape index (κ2) is 7.56. The van der Waals surface area contributed by atoms with Gasteiger partial charge in [0.05, 0.1) is 12.0 Å². The number of carbonyl (C=O) groups excluding carboxylic acids is 2. The van der Waals surface area contributed by atoms with Gasteiger partial charge < -0.3 is 14.5 Å². The zero-order chi connectivity index (χ0) is 17.9. The van der Waals surface area contributed by atoms with Crippen LogP contribution in [0.15, 0.2) is 24.3 Å². The standard InChI is InChI=1S/C20H28N2O3/c1-16-6-3-4-7-17(16)18(23)21-11-5-8-20(9-12-21)10-13-22(19(20)24)14-15-25-2/h3-4,6-7H,5,8-15H2,1-2H3/t20-/m0/s1. The molecule has 1 aromatic rings. The zero-order valence-electron chi connectivity index (χ0n) is 15.3. The van der Waals surface area contributed by atoms with Gasteiger partial charge in [-0.1, -0.05) is 18.2 Å². The van der Waals surface area contributed by atoms with Crippen molar-refractivity contribution in [2.75, 3.05) is 39.9 Å². The van der Waals surface area contributed by atoms with E-state index in [-0.39, 0.29) is 17.2 Å². The van der Waals surface area contributed by atoms with Gasteiger partial charge in [0.25, 0.3) is 5.91 Å². The van der Waals surface area contributed by atoms with Gasteiger partial charge in [0, 0.05) is 38.9 Å². The van der Waals surface area contributed by atoms with Gasteiger partial charge in [-0.3, -0.25) is 9.59 Å². The first-order valence-electron chi connectivity index (χ1n) is 9.21. The fraction of sp³-hybridized carbons (Fsp3) is 0.600. The van der Waals surface area contributed by atoms with Gasteiger partial charge in [0.1, 0.15) is 0 Å². The topological polar surface area (TPSA) is 49.9 Å². The second-order valence-electron chi connectivity index (χ2n) is 7.28. The van der Waals surface area contributed by atoms with Gasteiger partial charge in [0.15, 0.2) is 0 Å². The van der Waals surface area contributed by atoms with Gasteiger partial charge in [-0.2, -0.15) is 0 Å². The maximum Gasteiger partial charge on any atom is 0.254 e. The summed E-state index contributed by atoms with van der Waals surface area (Å²) in [6.07, 6.45) is 3.45. The number of nitrogens with zero attached hydrogens (tertiary/aromatic N) is 2. The summed E-state index contributed by atoms with van der Waals surface area (Å²) in [7, 11) is 1.66.